The summed E-state index contributed by atoms with van der Waals surface area (Å²) in [4.78, 5) is 14.9. The van der Waals surface area contributed by atoms with E-state index in [0.29, 0.717) is 11.6 Å². The fraction of sp³-hybridized carbons (Fsp3) is 0.333. The van der Waals surface area contributed by atoms with E-state index in [2.05, 4.69) is 0 Å². The van der Waals surface area contributed by atoms with E-state index in [0.717, 1.165) is 12.1 Å². The first kappa shape index (κ1) is 11.9. The van der Waals surface area contributed by atoms with Gasteiger partial charge in [-0.3, -0.25) is 15.1 Å². The zero-order valence-corrected chi connectivity index (χ0v) is 10.4. The largest absolute Gasteiger partial charge is 0.303 e. The van der Waals surface area contributed by atoms with E-state index in [-0.39, 0.29) is 18.4 Å². The van der Waals surface area contributed by atoms with Crippen LogP contribution in [0.15, 0.2) is 24.3 Å². The highest BCUT2D eigenvalue weighted by atomic mass is 35.5. The fourth-order valence-corrected chi connectivity index (χ4v) is 1.97. The first-order valence-electron chi connectivity index (χ1n) is 5.55. The molecule has 90 valence electrons. The van der Waals surface area contributed by atoms with Crippen molar-refractivity contribution in [2.75, 3.05) is 18.0 Å². The van der Waals surface area contributed by atoms with E-state index in [1.165, 1.54) is 4.90 Å². The summed E-state index contributed by atoms with van der Waals surface area (Å²) in [6.45, 7) is 2.83. The summed E-state index contributed by atoms with van der Waals surface area (Å²) in [5.74, 6) is 0.228. The molecule has 0 saturated carbocycles. The molecule has 5 heteroatoms. The van der Waals surface area contributed by atoms with Crippen LogP contribution < -0.4 is 4.90 Å². The minimum absolute atomic E-state index is 0.0215. The van der Waals surface area contributed by atoms with Crippen LogP contribution >= 0.6 is 11.6 Å². The molecule has 1 amide bonds. The lowest BCUT2D eigenvalue weighted by molar-refractivity contribution is -0.124. The quantitative estimate of drug-likeness (QED) is 0.896. The molecule has 1 fully saturated rings. The van der Waals surface area contributed by atoms with E-state index < -0.39 is 0 Å². The summed E-state index contributed by atoms with van der Waals surface area (Å²) in [6.07, 6.45) is 0.850. The Labute approximate surface area is 105 Å². The highest BCUT2D eigenvalue weighted by molar-refractivity contribution is 6.30. The molecule has 0 bridgehead atoms. The van der Waals surface area contributed by atoms with Gasteiger partial charge in [0.2, 0.25) is 11.9 Å². The number of benzene rings is 1. The Morgan fingerprint density at radius 3 is 2.59 bits per heavy atom. The van der Waals surface area contributed by atoms with Crippen molar-refractivity contribution in [2.45, 2.75) is 13.3 Å². The van der Waals surface area contributed by atoms with Gasteiger partial charge in [-0.2, -0.15) is 0 Å². The van der Waals surface area contributed by atoms with Crippen LogP contribution in [-0.2, 0) is 4.79 Å². The average molecular weight is 252 g/mol. The lowest BCUT2D eigenvalue weighted by Crippen LogP contribution is -2.34. The predicted molar refractivity (Wildman–Crippen MR) is 68.5 cm³/mol. The molecule has 4 nitrogen and oxygen atoms in total. The Morgan fingerprint density at radius 1 is 1.35 bits per heavy atom. The van der Waals surface area contributed by atoms with Gasteiger partial charge < -0.3 is 4.90 Å². The lowest BCUT2D eigenvalue weighted by Gasteiger charge is -2.19. The number of anilines is 1. The first-order valence-corrected chi connectivity index (χ1v) is 5.93. The number of hydrogen-bond donors (Lipinski definition) is 1. The van der Waals surface area contributed by atoms with Crippen molar-refractivity contribution in [1.29, 1.82) is 5.41 Å². The second kappa shape index (κ2) is 4.75. The third-order valence-corrected chi connectivity index (χ3v) is 2.94. The van der Waals surface area contributed by atoms with Gasteiger partial charge in [0.25, 0.3) is 0 Å². The van der Waals surface area contributed by atoms with Gasteiger partial charge in [-0.1, -0.05) is 18.5 Å². The summed E-state index contributed by atoms with van der Waals surface area (Å²) < 4.78 is 0. The minimum Gasteiger partial charge on any atom is -0.303 e. The van der Waals surface area contributed by atoms with Gasteiger partial charge in [0, 0.05) is 17.3 Å². The number of hydrogen-bond acceptors (Lipinski definition) is 2. The molecule has 0 atom stereocenters. The van der Waals surface area contributed by atoms with Crippen LogP contribution in [0.3, 0.4) is 0 Å². The number of nitrogens with one attached hydrogen (secondary N) is 1. The van der Waals surface area contributed by atoms with E-state index in [1.807, 2.05) is 19.1 Å². The number of halogens is 1. The van der Waals surface area contributed by atoms with Crippen LogP contribution in [0.5, 0.6) is 0 Å². The zero-order chi connectivity index (χ0) is 12.4. The molecule has 0 spiro atoms. The number of amides is 1. The van der Waals surface area contributed by atoms with Crippen molar-refractivity contribution < 1.29 is 4.79 Å². The molecule has 0 aromatic heterocycles. The van der Waals surface area contributed by atoms with Crippen LogP contribution in [0.25, 0.3) is 0 Å². The van der Waals surface area contributed by atoms with Gasteiger partial charge in [-0.25, -0.2) is 0 Å². The highest BCUT2D eigenvalue weighted by Crippen LogP contribution is 2.22. The van der Waals surface area contributed by atoms with E-state index >= 15 is 0 Å². The Balaban J connectivity index is 2.21. The van der Waals surface area contributed by atoms with Gasteiger partial charge >= 0.3 is 0 Å². The number of carbonyl (C=O) groups excluding carboxylic acids is 1. The normalized spacial score (nSPS) is 15.9. The van der Waals surface area contributed by atoms with Gasteiger partial charge in [0.05, 0.1) is 0 Å². The predicted octanol–water partition coefficient (Wildman–Crippen LogP) is 2.33. The van der Waals surface area contributed by atoms with Crippen molar-refractivity contribution in [1.82, 2.24) is 4.90 Å². The number of nitrogens with zero attached hydrogens (tertiary/aromatic N) is 2. The number of rotatable bonds is 3. The van der Waals surface area contributed by atoms with Crippen molar-refractivity contribution in [2.24, 2.45) is 0 Å². The first-order chi connectivity index (χ1) is 8.13. The molecule has 1 N–H and O–H groups in total. The Bertz CT molecular complexity index is 444. The second-order valence-electron chi connectivity index (χ2n) is 3.93. The molecule has 2 rings (SSSR count). The topological polar surface area (TPSA) is 47.4 Å². The zero-order valence-electron chi connectivity index (χ0n) is 9.61. The molecule has 1 saturated heterocycles. The van der Waals surface area contributed by atoms with Crippen molar-refractivity contribution in [3.05, 3.63) is 29.3 Å². The molecule has 1 aromatic rings. The van der Waals surface area contributed by atoms with Crippen LogP contribution in [0, 0.1) is 5.41 Å². The van der Waals surface area contributed by atoms with Gasteiger partial charge in [-0.15, -0.1) is 0 Å². The third-order valence-electron chi connectivity index (χ3n) is 2.69. The van der Waals surface area contributed by atoms with Gasteiger partial charge in [0.1, 0.15) is 6.54 Å². The SMILES string of the molecule is CCCN1C(=N)N(c2ccc(Cl)cc2)CC1=O. The fourth-order valence-electron chi connectivity index (χ4n) is 1.85. The number of carbonyl (C=O) groups is 1. The third kappa shape index (κ3) is 2.26. The number of guanidine groups is 1. The summed E-state index contributed by atoms with van der Waals surface area (Å²) in [7, 11) is 0. The van der Waals surface area contributed by atoms with E-state index in [9.17, 15) is 4.79 Å². The van der Waals surface area contributed by atoms with Crippen molar-refractivity contribution >= 4 is 29.2 Å². The maximum Gasteiger partial charge on any atom is 0.249 e. The van der Waals surface area contributed by atoms with Crippen molar-refractivity contribution in [3.63, 3.8) is 0 Å². The molecule has 1 aliphatic heterocycles. The van der Waals surface area contributed by atoms with E-state index in [1.54, 1.807) is 17.0 Å². The molecule has 1 aromatic carbocycles. The maximum atomic E-state index is 11.7. The van der Waals surface area contributed by atoms with Gasteiger partial charge in [-0.05, 0) is 30.7 Å². The molecular weight excluding hydrogens is 238 g/mol. The Kier molecular flexibility index (Phi) is 3.33. The lowest BCUT2D eigenvalue weighted by atomic mass is 10.3. The van der Waals surface area contributed by atoms with Gasteiger partial charge in [0.15, 0.2) is 0 Å². The van der Waals surface area contributed by atoms with Crippen molar-refractivity contribution in [3.8, 4) is 0 Å². The highest BCUT2D eigenvalue weighted by Gasteiger charge is 2.32. The minimum atomic E-state index is -0.0215. The van der Waals surface area contributed by atoms with Crippen LogP contribution in [0.4, 0.5) is 5.69 Å². The molecule has 1 heterocycles. The van der Waals surface area contributed by atoms with Crippen LogP contribution in [0.1, 0.15) is 13.3 Å². The van der Waals surface area contributed by atoms with E-state index in [4.69, 9.17) is 17.0 Å². The molecular formula is C12H14ClN3O. The monoisotopic (exact) mass is 251 g/mol. The van der Waals surface area contributed by atoms with Crippen LogP contribution in [-0.4, -0.2) is 29.9 Å². The Morgan fingerprint density at radius 2 is 2.00 bits per heavy atom. The smallest absolute Gasteiger partial charge is 0.249 e. The summed E-state index contributed by atoms with van der Waals surface area (Å²) >= 11 is 5.81. The summed E-state index contributed by atoms with van der Waals surface area (Å²) in [5.41, 5.74) is 0.825. The standard InChI is InChI=1S/C12H14ClN3O/c1-2-7-15-11(17)8-16(12(15)14)10-5-3-9(13)4-6-10/h3-6,14H,2,7-8H2,1H3. The maximum absolute atomic E-state index is 11.7. The molecule has 0 radical (unpaired) electrons. The second-order valence-corrected chi connectivity index (χ2v) is 4.37. The Hall–Kier alpha value is -1.55. The molecule has 0 aliphatic carbocycles. The molecule has 1 aliphatic rings. The molecule has 17 heavy (non-hydrogen) atoms. The summed E-state index contributed by atoms with van der Waals surface area (Å²) in [6, 6.07) is 7.16. The summed E-state index contributed by atoms with van der Waals surface area (Å²) in [5, 5.41) is 8.64. The molecule has 0 unspecified atom stereocenters. The average Bonchev–Trinajstić information content (AvgIpc) is 2.59. The van der Waals surface area contributed by atoms with Crippen LogP contribution in [0.2, 0.25) is 5.02 Å².